The van der Waals surface area contributed by atoms with Crippen LogP contribution < -0.4 is 14.8 Å². The van der Waals surface area contributed by atoms with Crippen molar-refractivity contribution in [1.82, 2.24) is 5.32 Å². The molecule has 0 unspecified atom stereocenters. The Hall–Kier alpha value is -1.48. The smallest absolute Gasteiger partial charge is 0.131 e. The van der Waals surface area contributed by atoms with Crippen LogP contribution >= 0.6 is 0 Å². The molecule has 0 aromatic heterocycles. The summed E-state index contributed by atoms with van der Waals surface area (Å²) in [6.07, 6.45) is 6.39. The average molecular weight is 231 g/mol. The van der Waals surface area contributed by atoms with Crippen LogP contribution in [-0.2, 0) is 0 Å². The van der Waals surface area contributed by atoms with Gasteiger partial charge in [0.25, 0.3) is 0 Å². The molecule has 3 nitrogen and oxygen atoms in total. The lowest BCUT2D eigenvalue weighted by atomic mass is 9.89. The summed E-state index contributed by atoms with van der Waals surface area (Å²) in [6, 6.07) is 5.96. The minimum absolute atomic E-state index is 0.107. The molecular weight excluding hydrogens is 214 g/mol. The average Bonchev–Trinajstić information content (AvgIpc) is 2.38. The minimum atomic E-state index is -0.107. The molecule has 0 atom stereocenters. The number of piperidine rings is 1. The number of methoxy groups -OCH3 is 1. The normalized spacial score (nSPS) is 20.8. The minimum Gasteiger partial charge on any atom is -0.496 e. The van der Waals surface area contributed by atoms with Crippen molar-refractivity contribution in [2.24, 2.45) is 0 Å². The summed E-state index contributed by atoms with van der Waals surface area (Å²) >= 11 is 0. The highest BCUT2D eigenvalue weighted by atomic mass is 16.5. The molecule has 17 heavy (non-hydrogen) atoms. The zero-order valence-corrected chi connectivity index (χ0v) is 10.0. The monoisotopic (exact) mass is 231 g/mol. The highest BCUT2D eigenvalue weighted by Crippen LogP contribution is 2.39. The van der Waals surface area contributed by atoms with E-state index in [9.17, 15) is 0 Å². The topological polar surface area (TPSA) is 30.5 Å². The van der Waals surface area contributed by atoms with E-state index in [1.54, 1.807) is 7.11 Å². The van der Waals surface area contributed by atoms with Crippen LogP contribution in [0.5, 0.6) is 11.5 Å². The molecule has 1 saturated heterocycles. The molecule has 2 heterocycles. The highest BCUT2D eigenvalue weighted by Gasteiger charge is 2.34. The molecule has 3 heteroatoms. The van der Waals surface area contributed by atoms with E-state index in [0.717, 1.165) is 43.0 Å². The SMILES string of the molecule is COc1cccc2c1C=CC1(CCNCC1)O2. The Morgan fingerprint density at radius 3 is 2.88 bits per heavy atom. The molecule has 1 fully saturated rings. The summed E-state index contributed by atoms with van der Waals surface area (Å²) in [5, 5.41) is 3.36. The van der Waals surface area contributed by atoms with E-state index in [2.05, 4.69) is 17.5 Å². The van der Waals surface area contributed by atoms with Crippen molar-refractivity contribution in [2.45, 2.75) is 18.4 Å². The second kappa shape index (κ2) is 4.08. The Morgan fingerprint density at radius 2 is 2.12 bits per heavy atom. The van der Waals surface area contributed by atoms with Gasteiger partial charge in [0.1, 0.15) is 17.1 Å². The summed E-state index contributed by atoms with van der Waals surface area (Å²) in [5.74, 6) is 1.82. The summed E-state index contributed by atoms with van der Waals surface area (Å²) in [7, 11) is 1.69. The maximum absolute atomic E-state index is 6.20. The number of hydrogen-bond acceptors (Lipinski definition) is 3. The summed E-state index contributed by atoms with van der Waals surface area (Å²) in [4.78, 5) is 0. The first-order valence-corrected chi connectivity index (χ1v) is 6.09. The molecule has 2 aliphatic heterocycles. The van der Waals surface area contributed by atoms with E-state index in [1.807, 2.05) is 18.2 Å². The van der Waals surface area contributed by atoms with Gasteiger partial charge in [-0.05, 0) is 37.4 Å². The van der Waals surface area contributed by atoms with E-state index >= 15 is 0 Å². The fraction of sp³-hybridized carbons (Fsp3) is 0.429. The fourth-order valence-electron chi connectivity index (χ4n) is 2.56. The van der Waals surface area contributed by atoms with E-state index < -0.39 is 0 Å². The molecular formula is C14H17NO2. The number of benzene rings is 1. The molecule has 1 aromatic carbocycles. The molecule has 1 aromatic rings. The van der Waals surface area contributed by atoms with Crippen LogP contribution in [0.2, 0.25) is 0 Å². The molecule has 1 N–H and O–H groups in total. The Labute approximate surface area is 101 Å². The van der Waals surface area contributed by atoms with Gasteiger partial charge in [-0.3, -0.25) is 0 Å². The van der Waals surface area contributed by atoms with Crippen molar-refractivity contribution in [1.29, 1.82) is 0 Å². The molecule has 0 radical (unpaired) electrons. The zero-order valence-electron chi connectivity index (χ0n) is 10.0. The van der Waals surface area contributed by atoms with Gasteiger partial charge in [0, 0.05) is 12.8 Å². The fourth-order valence-corrected chi connectivity index (χ4v) is 2.56. The maximum atomic E-state index is 6.20. The molecule has 3 rings (SSSR count). The van der Waals surface area contributed by atoms with Gasteiger partial charge in [-0.1, -0.05) is 6.07 Å². The van der Waals surface area contributed by atoms with Crippen LogP contribution in [0.25, 0.3) is 6.08 Å². The van der Waals surface area contributed by atoms with Crippen molar-refractivity contribution in [2.75, 3.05) is 20.2 Å². The highest BCUT2D eigenvalue weighted by molar-refractivity contribution is 5.67. The number of fused-ring (bicyclic) bond motifs is 1. The predicted octanol–water partition coefficient (Wildman–Crippen LogP) is 2.22. The van der Waals surface area contributed by atoms with Crippen LogP contribution in [-0.4, -0.2) is 25.8 Å². The van der Waals surface area contributed by atoms with Gasteiger partial charge in [0.15, 0.2) is 0 Å². The lowest BCUT2D eigenvalue weighted by molar-refractivity contribution is 0.0819. The largest absolute Gasteiger partial charge is 0.496 e. The van der Waals surface area contributed by atoms with Gasteiger partial charge in [-0.25, -0.2) is 0 Å². The van der Waals surface area contributed by atoms with Gasteiger partial charge in [-0.15, -0.1) is 0 Å². The van der Waals surface area contributed by atoms with Crippen molar-refractivity contribution >= 4 is 6.08 Å². The molecule has 90 valence electrons. The van der Waals surface area contributed by atoms with Crippen molar-refractivity contribution < 1.29 is 9.47 Å². The third-order valence-corrected chi connectivity index (χ3v) is 3.56. The third-order valence-electron chi connectivity index (χ3n) is 3.56. The number of nitrogens with one attached hydrogen (secondary N) is 1. The van der Waals surface area contributed by atoms with E-state index in [1.165, 1.54) is 0 Å². The summed E-state index contributed by atoms with van der Waals surface area (Å²) in [5.41, 5.74) is 0.948. The predicted molar refractivity (Wildman–Crippen MR) is 67.5 cm³/mol. The van der Waals surface area contributed by atoms with Crippen molar-refractivity contribution in [3.05, 3.63) is 29.8 Å². The second-order valence-electron chi connectivity index (χ2n) is 4.62. The Kier molecular flexibility index (Phi) is 2.56. The first-order valence-electron chi connectivity index (χ1n) is 6.09. The van der Waals surface area contributed by atoms with Gasteiger partial charge >= 0.3 is 0 Å². The lowest BCUT2D eigenvalue weighted by Gasteiger charge is -2.38. The molecule has 1 spiro atoms. The first kappa shape index (κ1) is 10.7. The molecule has 0 aliphatic carbocycles. The molecule has 0 amide bonds. The molecule has 2 aliphatic rings. The lowest BCUT2D eigenvalue weighted by Crippen LogP contribution is -2.45. The quantitative estimate of drug-likeness (QED) is 0.804. The van der Waals surface area contributed by atoms with Crippen LogP contribution in [0.4, 0.5) is 0 Å². The summed E-state index contributed by atoms with van der Waals surface area (Å²) < 4.78 is 11.5. The molecule has 0 bridgehead atoms. The Balaban J connectivity index is 1.96. The third kappa shape index (κ3) is 1.80. The van der Waals surface area contributed by atoms with Crippen LogP contribution in [0, 0.1) is 0 Å². The first-order chi connectivity index (χ1) is 8.33. The van der Waals surface area contributed by atoms with E-state index in [0.29, 0.717) is 0 Å². The van der Waals surface area contributed by atoms with Gasteiger partial charge in [0.2, 0.25) is 0 Å². The maximum Gasteiger partial charge on any atom is 0.131 e. The number of hydrogen-bond donors (Lipinski definition) is 1. The van der Waals surface area contributed by atoms with Crippen LogP contribution in [0.3, 0.4) is 0 Å². The Bertz CT molecular complexity index is 448. The van der Waals surface area contributed by atoms with E-state index in [-0.39, 0.29) is 5.60 Å². The number of rotatable bonds is 1. The van der Waals surface area contributed by atoms with Crippen molar-refractivity contribution in [3.8, 4) is 11.5 Å². The zero-order chi connectivity index (χ0) is 11.7. The molecule has 0 saturated carbocycles. The van der Waals surface area contributed by atoms with Gasteiger partial charge in [-0.2, -0.15) is 0 Å². The second-order valence-corrected chi connectivity index (χ2v) is 4.62. The standard InChI is InChI=1S/C14H17NO2/c1-16-12-3-2-4-13-11(12)5-6-14(17-13)7-9-15-10-8-14/h2-6,15H,7-10H2,1H3. The number of ether oxygens (including phenoxy) is 2. The van der Waals surface area contributed by atoms with Crippen molar-refractivity contribution in [3.63, 3.8) is 0 Å². The van der Waals surface area contributed by atoms with E-state index in [4.69, 9.17) is 9.47 Å². The van der Waals surface area contributed by atoms with Gasteiger partial charge in [0.05, 0.1) is 12.7 Å². The Morgan fingerprint density at radius 1 is 1.29 bits per heavy atom. The summed E-state index contributed by atoms with van der Waals surface area (Å²) in [6.45, 7) is 2.04. The van der Waals surface area contributed by atoms with Crippen LogP contribution in [0.1, 0.15) is 18.4 Å². The van der Waals surface area contributed by atoms with Crippen LogP contribution in [0.15, 0.2) is 24.3 Å². The van der Waals surface area contributed by atoms with Gasteiger partial charge < -0.3 is 14.8 Å².